The minimum absolute atomic E-state index is 0.0415. The fourth-order valence-corrected chi connectivity index (χ4v) is 3.26. The maximum Gasteiger partial charge on any atom is 0.211 e. The van der Waals surface area contributed by atoms with E-state index >= 15 is 0 Å². The molecule has 0 aliphatic carbocycles. The van der Waals surface area contributed by atoms with Crippen LogP contribution in [0.5, 0.6) is 5.75 Å². The van der Waals surface area contributed by atoms with Crippen molar-refractivity contribution >= 4 is 21.6 Å². The smallest absolute Gasteiger partial charge is 0.211 e. The highest BCUT2D eigenvalue weighted by molar-refractivity contribution is 7.89. The topological polar surface area (TPSA) is 55.4 Å². The van der Waals surface area contributed by atoms with Crippen LogP contribution >= 0.6 is 11.6 Å². The Bertz CT molecular complexity index is 473. The molecule has 4 nitrogen and oxygen atoms in total. The summed E-state index contributed by atoms with van der Waals surface area (Å²) >= 11 is 5.61. The van der Waals surface area contributed by atoms with Crippen LogP contribution < -0.4 is 9.46 Å². The molecule has 0 saturated heterocycles. The number of halogens is 1. The third-order valence-corrected chi connectivity index (χ3v) is 4.84. The van der Waals surface area contributed by atoms with Crippen molar-refractivity contribution in [1.82, 2.24) is 4.72 Å². The molecule has 0 aliphatic heterocycles. The van der Waals surface area contributed by atoms with Crippen LogP contribution in [0.3, 0.4) is 0 Å². The molecule has 0 aromatic heterocycles. The van der Waals surface area contributed by atoms with Crippen LogP contribution in [0, 0.1) is 5.92 Å². The van der Waals surface area contributed by atoms with Gasteiger partial charge in [0, 0.05) is 12.4 Å². The van der Waals surface area contributed by atoms with E-state index in [1.54, 1.807) is 7.11 Å². The van der Waals surface area contributed by atoms with E-state index in [0.717, 1.165) is 11.3 Å². The summed E-state index contributed by atoms with van der Waals surface area (Å²) in [6.07, 6.45) is 0.651. The molecule has 1 aromatic rings. The Hall–Kier alpha value is -0.780. The minimum atomic E-state index is -3.24. The lowest BCUT2D eigenvalue weighted by molar-refractivity contribution is 0.414. The van der Waals surface area contributed by atoms with E-state index in [1.165, 1.54) is 0 Å². The number of methoxy groups -OCH3 is 1. The first-order valence-corrected chi connectivity index (χ1v) is 8.31. The Morgan fingerprint density at radius 3 is 2.47 bits per heavy atom. The van der Waals surface area contributed by atoms with E-state index in [-0.39, 0.29) is 11.7 Å². The predicted octanol–water partition coefficient (Wildman–Crippen LogP) is 2.03. The summed E-state index contributed by atoms with van der Waals surface area (Å²) in [5.41, 5.74) is 1.06. The van der Waals surface area contributed by atoms with Gasteiger partial charge in [-0.1, -0.05) is 19.1 Å². The van der Waals surface area contributed by atoms with Gasteiger partial charge in [-0.05, 0) is 30.0 Å². The van der Waals surface area contributed by atoms with E-state index in [0.29, 0.717) is 18.8 Å². The van der Waals surface area contributed by atoms with Crippen LogP contribution in [0.1, 0.15) is 12.5 Å². The monoisotopic (exact) mass is 305 g/mol. The molecular formula is C13H20ClNO3S. The third-order valence-electron chi connectivity index (χ3n) is 2.66. The van der Waals surface area contributed by atoms with Crippen molar-refractivity contribution in [3.05, 3.63) is 29.8 Å². The predicted molar refractivity (Wildman–Crippen MR) is 78.4 cm³/mol. The van der Waals surface area contributed by atoms with Crippen LogP contribution in [-0.2, 0) is 16.4 Å². The van der Waals surface area contributed by atoms with E-state index < -0.39 is 10.0 Å². The molecule has 19 heavy (non-hydrogen) atoms. The number of nitrogens with one attached hydrogen (secondary N) is 1. The SMILES string of the molecule is COc1ccc(CCNS(=O)(=O)CC(C)CCl)cc1. The average molecular weight is 306 g/mol. The lowest BCUT2D eigenvalue weighted by atomic mass is 10.1. The first-order chi connectivity index (χ1) is 8.96. The lowest BCUT2D eigenvalue weighted by Crippen LogP contribution is -2.31. The largest absolute Gasteiger partial charge is 0.497 e. The maximum absolute atomic E-state index is 11.7. The Labute approximate surface area is 120 Å². The van der Waals surface area contributed by atoms with E-state index in [1.807, 2.05) is 31.2 Å². The van der Waals surface area contributed by atoms with Gasteiger partial charge < -0.3 is 4.74 Å². The van der Waals surface area contributed by atoms with Crippen LogP contribution in [0.2, 0.25) is 0 Å². The van der Waals surface area contributed by atoms with E-state index in [4.69, 9.17) is 16.3 Å². The summed E-state index contributed by atoms with van der Waals surface area (Å²) in [5, 5.41) is 0. The molecule has 0 saturated carbocycles. The standard InChI is InChI=1S/C13H20ClNO3S/c1-11(9-14)10-19(16,17)15-8-7-12-3-5-13(18-2)6-4-12/h3-6,11,15H,7-10H2,1-2H3. The number of hydrogen-bond acceptors (Lipinski definition) is 3. The number of rotatable bonds is 8. The van der Waals surface area contributed by atoms with Crippen molar-refractivity contribution in [2.45, 2.75) is 13.3 Å². The lowest BCUT2D eigenvalue weighted by Gasteiger charge is -2.10. The molecule has 0 heterocycles. The molecule has 1 rings (SSSR count). The van der Waals surface area contributed by atoms with Gasteiger partial charge in [-0.25, -0.2) is 13.1 Å². The van der Waals surface area contributed by atoms with Gasteiger partial charge in [0.1, 0.15) is 5.75 Å². The second kappa shape index (κ2) is 7.72. The molecule has 0 spiro atoms. The van der Waals surface area contributed by atoms with Gasteiger partial charge in [-0.3, -0.25) is 0 Å². The Kier molecular flexibility index (Phi) is 6.62. The van der Waals surface area contributed by atoms with Crippen molar-refractivity contribution in [2.75, 3.05) is 25.3 Å². The number of benzene rings is 1. The highest BCUT2D eigenvalue weighted by Crippen LogP contribution is 2.11. The molecule has 0 radical (unpaired) electrons. The molecule has 6 heteroatoms. The van der Waals surface area contributed by atoms with Crippen molar-refractivity contribution in [1.29, 1.82) is 0 Å². The molecule has 0 amide bonds. The molecular weight excluding hydrogens is 286 g/mol. The van der Waals surface area contributed by atoms with Crippen molar-refractivity contribution < 1.29 is 13.2 Å². The van der Waals surface area contributed by atoms with Crippen molar-refractivity contribution in [2.24, 2.45) is 5.92 Å². The average Bonchev–Trinajstić information content (AvgIpc) is 2.38. The highest BCUT2D eigenvalue weighted by atomic mass is 35.5. The second-order valence-electron chi connectivity index (χ2n) is 4.53. The van der Waals surface area contributed by atoms with Crippen LogP contribution in [0.15, 0.2) is 24.3 Å². The first-order valence-electron chi connectivity index (χ1n) is 6.13. The summed E-state index contributed by atoms with van der Waals surface area (Å²) in [6, 6.07) is 7.57. The van der Waals surface area contributed by atoms with E-state index in [9.17, 15) is 8.42 Å². The summed E-state index contributed by atoms with van der Waals surface area (Å²) in [5.74, 6) is 1.17. The normalized spacial score (nSPS) is 13.2. The number of ether oxygens (including phenoxy) is 1. The molecule has 1 unspecified atom stereocenters. The Morgan fingerprint density at radius 2 is 1.95 bits per heavy atom. The molecule has 0 fully saturated rings. The number of alkyl halides is 1. The van der Waals surface area contributed by atoms with Crippen molar-refractivity contribution in [3.63, 3.8) is 0 Å². The van der Waals surface area contributed by atoms with Gasteiger partial charge in [0.25, 0.3) is 0 Å². The number of sulfonamides is 1. The zero-order valence-corrected chi connectivity index (χ0v) is 12.8. The fourth-order valence-electron chi connectivity index (χ4n) is 1.62. The summed E-state index contributed by atoms with van der Waals surface area (Å²) in [6.45, 7) is 2.21. The summed E-state index contributed by atoms with van der Waals surface area (Å²) < 4.78 is 31.0. The van der Waals surface area contributed by atoms with E-state index in [2.05, 4.69) is 4.72 Å². The third kappa shape index (κ3) is 6.27. The van der Waals surface area contributed by atoms with Crippen molar-refractivity contribution in [3.8, 4) is 5.75 Å². The quantitative estimate of drug-likeness (QED) is 0.748. The second-order valence-corrected chi connectivity index (χ2v) is 6.69. The summed E-state index contributed by atoms with van der Waals surface area (Å²) in [4.78, 5) is 0. The molecule has 1 atom stereocenters. The van der Waals surface area contributed by atoms with Gasteiger partial charge in [0.2, 0.25) is 10.0 Å². The molecule has 0 bridgehead atoms. The Morgan fingerprint density at radius 1 is 1.32 bits per heavy atom. The zero-order chi connectivity index (χ0) is 14.3. The van der Waals surface area contributed by atoms with Gasteiger partial charge in [0.15, 0.2) is 0 Å². The summed E-state index contributed by atoms with van der Waals surface area (Å²) in [7, 11) is -1.62. The highest BCUT2D eigenvalue weighted by Gasteiger charge is 2.14. The van der Waals surface area contributed by atoms with Gasteiger partial charge >= 0.3 is 0 Å². The zero-order valence-electron chi connectivity index (χ0n) is 11.2. The number of hydrogen-bond donors (Lipinski definition) is 1. The Balaban J connectivity index is 2.40. The van der Waals surface area contributed by atoms with Gasteiger partial charge in [0.05, 0.1) is 12.9 Å². The van der Waals surface area contributed by atoms with Gasteiger partial charge in [-0.2, -0.15) is 0 Å². The molecule has 108 valence electrons. The van der Waals surface area contributed by atoms with Crippen LogP contribution in [-0.4, -0.2) is 33.7 Å². The fraction of sp³-hybridized carbons (Fsp3) is 0.538. The first kappa shape index (κ1) is 16.3. The van der Waals surface area contributed by atoms with Crippen LogP contribution in [0.4, 0.5) is 0 Å². The minimum Gasteiger partial charge on any atom is -0.497 e. The molecule has 1 aromatic carbocycles. The molecule has 1 N–H and O–H groups in total. The van der Waals surface area contributed by atoms with Gasteiger partial charge in [-0.15, -0.1) is 11.6 Å². The van der Waals surface area contributed by atoms with Crippen LogP contribution in [0.25, 0.3) is 0 Å². The molecule has 0 aliphatic rings. The maximum atomic E-state index is 11.7.